The number of nitrogens with zero attached hydrogens (tertiary/aromatic N) is 2. The molecule has 1 aliphatic heterocycles. The van der Waals surface area contributed by atoms with Crippen molar-refractivity contribution in [1.82, 2.24) is 14.5 Å². The van der Waals surface area contributed by atoms with Gasteiger partial charge in [0.1, 0.15) is 16.8 Å². The summed E-state index contributed by atoms with van der Waals surface area (Å²) in [6.45, 7) is 2.03. The molecule has 0 radical (unpaired) electrons. The fourth-order valence-electron chi connectivity index (χ4n) is 3.15. The van der Waals surface area contributed by atoms with Gasteiger partial charge in [0.2, 0.25) is 15.9 Å². The molecule has 1 saturated heterocycles. The minimum absolute atomic E-state index is 0.0573. The first kappa shape index (κ1) is 20.9. The lowest BCUT2D eigenvalue weighted by molar-refractivity contribution is -0.134. The summed E-state index contributed by atoms with van der Waals surface area (Å²) < 4.78 is 40.4. The summed E-state index contributed by atoms with van der Waals surface area (Å²) in [5, 5.41) is 2.66. The zero-order valence-corrected chi connectivity index (χ0v) is 16.7. The van der Waals surface area contributed by atoms with Crippen molar-refractivity contribution in [3.63, 3.8) is 0 Å². The second kappa shape index (κ2) is 8.71. The summed E-state index contributed by atoms with van der Waals surface area (Å²) in [6, 6.07) is 13.0. The molecule has 2 amide bonds. The van der Waals surface area contributed by atoms with Crippen LogP contribution in [0.25, 0.3) is 0 Å². The van der Waals surface area contributed by atoms with Crippen LogP contribution in [0.5, 0.6) is 0 Å². The summed E-state index contributed by atoms with van der Waals surface area (Å²) in [4.78, 5) is 26.0. The summed E-state index contributed by atoms with van der Waals surface area (Å²) in [7, 11) is -3.97. The minimum atomic E-state index is -3.97. The molecule has 1 atom stereocenters. The third kappa shape index (κ3) is 4.63. The molecular formula is C20H22FN3O4S. The van der Waals surface area contributed by atoms with E-state index in [0.717, 1.165) is 6.07 Å². The highest BCUT2D eigenvalue weighted by Crippen LogP contribution is 2.20. The van der Waals surface area contributed by atoms with Crippen molar-refractivity contribution in [3.8, 4) is 0 Å². The number of carbonyl (C=O) groups excluding carboxylic acids is 2. The van der Waals surface area contributed by atoms with E-state index in [0.29, 0.717) is 5.56 Å². The molecule has 0 spiro atoms. The second-order valence-electron chi connectivity index (χ2n) is 6.72. The molecule has 0 saturated carbocycles. The molecule has 154 valence electrons. The van der Waals surface area contributed by atoms with Gasteiger partial charge in [0.15, 0.2) is 0 Å². The Kier molecular flexibility index (Phi) is 6.29. The second-order valence-corrected chi connectivity index (χ2v) is 8.63. The zero-order chi connectivity index (χ0) is 21.0. The lowest BCUT2D eigenvalue weighted by Gasteiger charge is -2.35. The van der Waals surface area contributed by atoms with E-state index in [-0.39, 0.29) is 42.9 Å². The standard InChI is InChI=1S/C20H22FN3O4S/c1-15(22-19(25)16-7-3-2-4-8-16)20(26)23-11-13-24(14-12-23)29(27,28)18-10-6-5-9-17(18)21/h2-10,15H,11-14H2,1H3,(H,22,25). The van der Waals surface area contributed by atoms with Gasteiger partial charge in [-0.25, -0.2) is 12.8 Å². The monoisotopic (exact) mass is 419 g/mol. The van der Waals surface area contributed by atoms with Gasteiger partial charge < -0.3 is 10.2 Å². The lowest BCUT2D eigenvalue weighted by atomic mass is 10.2. The van der Waals surface area contributed by atoms with Gasteiger partial charge in [0.25, 0.3) is 5.91 Å². The molecule has 2 aromatic rings. The van der Waals surface area contributed by atoms with E-state index in [1.54, 1.807) is 37.3 Å². The predicted octanol–water partition coefficient (Wildman–Crippen LogP) is 1.48. The molecule has 1 heterocycles. The van der Waals surface area contributed by atoms with Crippen LogP contribution < -0.4 is 5.32 Å². The Balaban J connectivity index is 1.59. The summed E-state index contributed by atoms with van der Waals surface area (Å²) in [5.41, 5.74) is 0.452. The Morgan fingerprint density at radius 3 is 2.17 bits per heavy atom. The largest absolute Gasteiger partial charge is 0.341 e. The highest BCUT2D eigenvalue weighted by atomic mass is 32.2. The fraction of sp³-hybridized carbons (Fsp3) is 0.300. The minimum Gasteiger partial charge on any atom is -0.341 e. The van der Waals surface area contributed by atoms with E-state index in [4.69, 9.17) is 0 Å². The molecule has 1 fully saturated rings. The van der Waals surface area contributed by atoms with Crippen molar-refractivity contribution in [2.24, 2.45) is 0 Å². The highest BCUT2D eigenvalue weighted by Gasteiger charge is 2.33. The van der Waals surface area contributed by atoms with E-state index in [1.165, 1.54) is 27.4 Å². The zero-order valence-electron chi connectivity index (χ0n) is 15.9. The number of nitrogens with one attached hydrogen (secondary N) is 1. The number of sulfonamides is 1. The van der Waals surface area contributed by atoms with Gasteiger partial charge in [-0.3, -0.25) is 9.59 Å². The number of halogens is 1. The van der Waals surface area contributed by atoms with Crippen molar-refractivity contribution in [2.75, 3.05) is 26.2 Å². The van der Waals surface area contributed by atoms with Crippen LogP contribution in [0.15, 0.2) is 59.5 Å². The maximum Gasteiger partial charge on any atom is 0.251 e. The topological polar surface area (TPSA) is 86.8 Å². The van der Waals surface area contributed by atoms with E-state index in [9.17, 15) is 22.4 Å². The van der Waals surface area contributed by atoms with Crippen molar-refractivity contribution in [1.29, 1.82) is 0 Å². The summed E-state index contributed by atoms with van der Waals surface area (Å²) in [6.07, 6.45) is 0. The van der Waals surface area contributed by atoms with Crippen LogP contribution in [-0.2, 0) is 14.8 Å². The third-order valence-electron chi connectivity index (χ3n) is 4.76. The molecule has 0 aliphatic carbocycles. The predicted molar refractivity (Wildman–Crippen MR) is 105 cm³/mol. The van der Waals surface area contributed by atoms with Crippen LogP contribution in [0.4, 0.5) is 4.39 Å². The van der Waals surface area contributed by atoms with E-state index >= 15 is 0 Å². The van der Waals surface area contributed by atoms with Crippen LogP contribution in [0.1, 0.15) is 17.3 Å². The number of hydrogen-bond acceptors (Lipinski definition) is 4. The highest BCUT2D eigenvalue weighted by molar-refractivity contribution is 7.89. The van der Waals surface area contributed by atoms with Crippen LogP contribution in [0, 0.1) is 5.82 Å². The van der Waals surface area contributed by atoms with E-state index < -0.39 is 21.9 Å². The molecule has 0 bridgehead atoms. The molecule has 1 N–H and O–H groups in total. The Morgan fingerprint density at radius 2 is 1.55 bits per heavy atom. The van der Waals surface area contributed by atoms with Crippen molar-refractivity contribution >= 4 is 21.8 Å². The van der Waals surface area contributed by atoms with Crippen LogP contribution in [0.2, 0.25) is 0 Å². The summed E-state index contributed by atoms with van der Waals surface area (Å²) in [5.74, 6) is -1.45. The van der Waals surface area contributed by atoms with Gasteiger partial charge in [-0.05, 0) is 31.2 Å². The van der Waals surface area contributed by atoms with E-state index in [1.807, 2.05) is 0 Å². The Morgan fingerprint density at radius 1 is 0.966 bits per heavy atom. The van der Waals surface area contributed by atoms with Gasteiger partial charge in [0, 0.05) is 31.7 Å². The molecule has 9 heteroatoms. The average Bonchev–Trinajstić information content (AvgIpc) is 2.74. The van der Waals surface area contributed by atoms with Gasteiger partial charge in [0.05, 0.1) is 0 Å². The van der Waals surface area contributed by atoms with Crippen LogP contribution in [-0.4, -0.2) is 61.7 Å². The summed E-state index contributed by atoms with van der Waals surface area (Å²) >= 11 is 0. The normalized spacial score (nSPS) is 16.3. The van der Waals surface area contributed by atoms with Gasteiger partial charge in [-0.1, -0.05) is 30.3 Å². The van der Waals surface area contributed by atoms with Crippen molar-refractivity contribution in [2.45, 2.75) is 17.9 Å². The lowest BCUT2D eigenvalue weighted by Crippen LogP contribution is -2.55. The maximum atomic E-state index is 13.9. The molecule has 3 rings (SSSR count). The maximum absolute atomic E-state index is 13.9. The smallest absolute Gasteiger partial charge is 0.251 e. The number of carbonyl (C=O) groups is 2. The molecule has 29 heavy (non-hydrogen) atoms. The molecule has 7 nitrogen and oxygen atoms in total. The first-order chi connectivity index (χ1) is 13.8. The molecule has 1 unspecified atom stereocenters. The molecule has 0 aromatic heterocycles. The fourth-order valence-corrected chi connectivity index (χ4v) is 4.63. The first-order valence-electron chi connectivity index (χ1n) is 9.20. The third-order valence-corrected chi connectivity index (χ3v) is 6.69. The Hall–Kier alpha value is -2.78. The first-order valence-corrected chi connectivity index (χ1v) is 10.6. The number of piperazine rings is 1. The van der Waals surface area contributed by atoms with Gasteiger partial charge >= 0.3 is 0 Å². The quantitative estimate of drug-likeness (QED) is 0.795. The average molecular weight is 419 g/mol. The van der Waals surface area contributed by atoms with Gasteiger partial charge in [-0.15, -0.1) is 0 Å². The molecule has 1 aliphatic rings. The van der Waals surface area contributed by atoms with Crippen LogP contribution in [0.3, 0.4) is 0 Å². The number of hydrogen-bond donors (Lipinski definition) is 1. The van der Waals surface area contributed by atoms with E-state index in [2.05, 4.69) is 5.32 Å². The molecule has 2 aromatic carbocycles. The van der Waals surface area contributed by atoms with Crippen molar-refractivity contribution < 1.29 is 22.4 Å². The van der Waals surface area contributed by atoms with Gasteiger partial charge in [-0.2, -0.15) is 4.31 Å². The van der Waals surface area contributed by atoms with Crippen LogP contribution >= 0.6 is 0 Å². The SMILES string of the molecule is CC(NC(=O)c1ccccc1)C(=O)N1CCN(S(=O)(=O)c2ccccc2F)CC1. The Labute approximate surface area is 169 Å². The Bertz CT molecular complexity index is 990. The van der Waals surface area contributed by atoms with Crippen molar-refractivity contribution in [3.05, 3.63) is 66.0 Å². The number of amides is 2. The molecular weight excluding hydrogens is 397 g/mol. The number of benzene rings is 2. The number of rotatable bonds is 5.